The lowest BCUT2D eigenvalue weighted by Crippen LogP contribution is -2.50. The van der Waals surface area contributed by atoms with Gasteiger partial charge in [-0.1, -0.05) is 13.8 Å². The molecule has 2 amide bonds. The highest BCUT2D eigenvalue weighted by Gasteiger charge is 2.25. The summed E-state index contributed by atoms with van der Waals surface area (Å²) in [7, 11) is 0. The molecule has 1 rings (SSSR count). The van der Waals surface area contributed by atoms with Crippen LogP contribution in [0.1, 0.15) is 40.0 Å². The van der Waals surface area contributed by atoms with E-state index in [4.69, 9.17) is 0 Å². The van der Waals surface area contributed by atoms with Gasteiger partial charge in [0.25, 0.3) is 0 Å². The number of piperidine rings is 1. The molecule has 1 heterocycles. The highest BCUT2D eigenvalue weighted by Crippen LogP contribution is 2.13. The number of hydrogen-bond acceptors (Lipinski definition) is 3. The van der Waals surface area contributed by atoms with Crippen LogP contribution in [0, 0.1) is 11.8 Å². The van der Waals surface area contributed by atoms with Gasteiger partial charge in [-0.15, -0.1) is 0 Å². The summed E-state index contributed by atoms with van der Waals surface area (Å²) in [6.45, 7) is 8.66. The van der Waals surface area contributed by atoms with Crippen LogP contribution in [0.2, 0.25) is 0 Å². The zero-order valence-corrected chi connectivity index (χ0v) is 13.4. The summed E-state index contributed by atoms with van der Waals surface area (Å²) in [5.41, 5.74) is 0. The number of carboxylic acid groups (broad SMARTS) is 1. The van der Waals surface area contributed by atoms with Gasteiger partial charge in [-0.25, -0.2) is 4.79 Å². The van der Waals surface area contributed by atoms with Gasteiger partial charge in [0, 0.05) is 19.1 Å². The average Bonchev–Trinajstić information content (AvgIpc) is 2.44. The monoisotopic (exact) mass is 299 g/mol. The Morgan fingerprint density at radius 3 is 2.43 bits per heavy atom. The minimum Gasteiger partial charge on any atom is -0.481 e. The first kappa shape index (κ1) is 17.8. The fourth-order valence-corrected chi connectivity index (χ4v) is 2.84. The van der Waals surface area contributed by atoms with Crippen LogP contribution >= 0.6 is 0 Å². The molecule has 122 valence electrons. The van der Waals surface area contributed by atoms with Gasteiger partial charge in [0.15, 0.2) is 0 Å². The van der Waals surface area contributed by atoms with Crippen LogP contribution in [0.25, 0.3) is 0 Å². The third kappa shape index (κ3) is 5.91. The lowest BCUT2D eigenvalue weighted by atomic mass is 9.97. The van der Waals surface area contributed by atoms with Gasteiger partial charge in [-0.05, 0) is 45.2 Å². The van der Waals surface area contributed by atoms with E-state index in [-0.39, 0.29) is 18.6 Å². The van der Waals surface area contributed by atoms with E-state index in [9.17, 15) is 14.7 Å². The summed E-state index contributed by atoms with van der Waals surface area (Å²) in [6, 6.07) is 0.115. The Morgan fingerprint density at radius 1 is 1.33 bits per heavy atom. The summed E-state index contributed by atoms with van der Waals surface area (Å²) >= 11 is 0. The quantitative estimate of drug-likeness (QED) is 0.665. The second-order valence-corrected chi connectivity index (χ2v) is 6.12. The molecular weight excluding hydrogens is 270 g/mol. The summed E-state index contributed by atoms with van der Waals surface area (Å²) in [4.78, 5) is 25.3. The molecule has 6 heteroatoms. The van der Waals surface area contributed by atoms with Crippen molar-refractivity contribution in [3.05, 3.63) is 0 Å². The summed E-state index contributed by atoms with van der Waals surface area (Å²) in [5.74, 6) is -1.05. The maximum Gasteiger partial charge on any atom is 0.317 e. The van der Waals surface area contributed by atoms with Crippen LogP contribution in [0.4, 0.5) is 4.79 Å². The highest BCUT2D eigenvalue weighted by atomic mass is 16.4. The molecular formula is C15H29N3O3. The number of carbonyl (C=O) groups is 2. The molecule has 1 unspecified atom stereocenters. The van der Waals surface area contributed by atoms with E-state index in [2.05, 4.69) is 10.6 Å². The molecule has 1 aliphatic heterocycles. The Morgan fingerprint density at radius 2 is 1.95 bits per heavy atom. The van der Waals surface area contributed by atoms with Crippen LogP contribution in [-0.4, -0.2) is 54.2 Å². The van der Waals surface area contributed by atoms with Gasteiger partial charge in [-0.3, -0.25) is 4.79 Å². The number of rotatable bonds is 7. The highest BCUT2D eigenvalue weighted by molar-refractivity contribution is 5.76. The molecule has 21 heavy (non-hydrogen) atoms. The molecule has 0 radical (unpaired) electrons. The van der Waals surface area contributed by atoms with Crippen molar-refractivity contribution in [2.75, 3.05) is 26.2 Å². The van der Waals surface area contributed by atoms with Crippen molar-refractivity contribution >= 4 is 12.0 Å². The molecule has 1 aliphatic rings. The molecule has 0 saturated carbocycles. The molecule has 3 N–H and O–H groups in total. The maximum absolute atomic E-state index is 12.3. The van der Waals surface area contributed by atoms with E-state index < -0.39 is 11.9 Å². The first-order valence-corrected chi connectivity index (χ1v) is 7.93. The van der Waals surface area contributed by atoms with Crippen molar-refractivity contribution < 1.29 is 14.7 Å². The molecule has 0 spiro atoms. The van der Waals surface area contributed by atoms with E-state index in [0.29, 0.717) is 18.9 Å². The molecule has 0 aliphatic carbocycles. The van der Waals surface area contributed by atoms with Crippen LogP contribution in [-0.2, 0) is 4.79 Å². The Kier molecular flexibility index (Phi) is 7.50. The second-order valence-electron chi connectivity index (χ2n) is 6.12. The SMILES string of the molecule is CCN(C(=O)NCC(CC(C)C)C(=O)O)C1CCNCC1. The fourth-order valence-electron chi connectivity index (χ4n) is 2.84. The summed E-state index contributed by atoms with van der Waals surface area (Å²) < 4.78 is 0. The maximum atomic E-state index is 12.3. The third-order valence-corrected chi connectivity index (χ3v) is 3.96. The Bertz CT molecular complexity index is 341. The van der Waals surface area contributed by atoms with Gasteiger partial charge in [-0.2, -0.15) is 0 Å². The molecule has 1 atom stereocenters. The molecule has 0 aromatic rings. The lowest BCUT2D eigenvalue weighted by Gasteiger charge is -2.34. The lowest BCUT2D eigenvalue weighted by molar-refractivity contribution is -0.142. The van der Waals surface area contributed by atoms with Crippen LogP contribution in [0.5, 0.6) is 0 Å². The Hall–Kier alpha value is -1.30. The summed E-state index contributed by atoms with van der Waals surface area (Å²) in [5, 5.41) is 15.3. The van der Waals surface area contributed by atoms with Crippen LogP contribution in [0.3, 0.4) is 0 Å². The fraction of sp³-hybridized carbons (Fsp3) is 0.867. The largest absolute Gasteiger partial charge is 0.481 e. The number of carboxylic acids is 1. The molecule has 0 aromatic carbocycles. The molecule has 0 aromatic heterocycles. The summed E-state index contributed by atoms with van der Waals surface area (Å²) in [6.07, 6.45) is 2.49. The van der Waals surface area contributed by atoms with E-state index in [1.165, 1.54) is 0 Å². The van der Waals surface area contributed by atoms with E-state index in [0.717, 1.165) is 25.9 Å². The number of nitrogens with one attached hydrogen (secondary N) is 2. The number of amides is 2. The molecule has 0 bridgehead atoms. The Balaban J connectivity index is 2.50. The van der Waals surface area contributed by atoms with Gasteiger partial charge in [0.1, 0.15) is 0 Å². The predicted octanol–water partition coefficient (Wildman–Crippen LogP) is 1.52. The van der Waals surface area contributed by atoms with Crippen molar-refractivity contribution in [1.29, 1.82) is 0 Å². The zero-order valence-electron chi connectivity index (χ0n) is 13.4. The minimum atomic E-state index is -0.839. The van der Waals surface area contributed by atoms with E-state index in [1.54, 1.807) is 0 Å². The number of urea groups is 1. The van der Waals surface area contributed by atoms with Crippen molar-refractivity contribution in [3.63, 3.8) is 0 Å². The number of carbonyl (C=O) groups excluding carboxylic acids is 1. The van der Waals surface area contributed by atoms with E-state index >= 15 is 0 Å². The van der Waals surface area contributed by atoms with Crippen molar-refractivity contribution in [2.24, 2.45) is 11.8 Å². The predicted molar refractivity (Wildman–Crippen MR) is 82.3 cm³/mol. The number of hydrogen-bond donors (Lipinski definition) is 3. The second kappa shape index (κ2) is 8.87. The van der Waals surface area contributed by atoms with Crippen molar-refractivity contribution in [1.82, 2.24) is 15.5 Å². The zero-order chi connectivity index (χ0) is 15.8. The van der Waals surface area contributed by atoms with Crippen LogP contribution in [0.15, 0.2) is 0 Å². The van der Waals surface area contributed by atoms with Gasteiger partial charge in [0.2, 0.25) is 0 Å². The third-order valence-electron chi connectivity index (χ3n) is 3.96. The van der Waals surface area contributed by atoms with Crippen molar-refractivity contribution in [2.45, 2.75) is 46.1 Å². The van der Waals surface area contributed by atoms with Gasteiger partial charge < -0.3 is 20.6 Å². The molecule has 1 fully saturated rings. The van der Waals surface area contributed by atoms with Crippen LogP contribution < -0.4 is 10.6 Å². The molecule has 1 saturated heterocycles. The smallest absolute Gasteiger partial charge is 0.317 e. The normalized spacial score (nSPS) is 17.5. The molecule has 6 nitrogen and oxygen atoms in total. The average molecular weight is 299 g/mol. The number of nitrogens with zero attached hydrogens (tertiary/aromatic N) is 1. The number of aliphatic carboxylic acids is 1. The first-order chi connectivity index (χ1) is 9.95. The van der Waals surface area contributed by atoms with E-state index in [1.807, 2.05) is 25.7 Å². The topological polar surface area (TPSA) is 81.7 Å². The standard InChI is InChI=1S/C15H29N3O3/c1-4-18(13-5-7-16-8-6-13)15(21)17-10-12(14(19)20)9-11(2)3/h11-13,16H,4-10H2,1-3H3,(H,17,21)(H,19,20). The van der Waals surface area contributed by atoms with Gasteiger partial charge >= 0.3 is 12.0 Å². The van der Waals surface area contributed by atoms with Gasteiger partial charge in [0.05, 0.1) is 5.92 Å². The first-order valence-electron chi connectivity index (χ1n) is 7.93. The Labute approximate surface area is 127 Å². The minimum absolute atomic E-state index is 0.139. The van der Waals surface area contributed by atoms with Crippen molar-refractivity contribution in [3.8, 4) is 0 Å².